The highest BCUT2D eigenvalue weighted by Crippen LogP contribution is 2.30. The second-order valence-electron chi connectivity index (χ2n) is 4.55. The maximum Gasteiger partial charge on any atom is 0.159 e. The lowest BCUT2D eigenvalue weighted by molar-refractivity contribution is 0.281. The summed E-state index contributed by atoms with van der Waals surface area (Å²) >= 11 is 0. The summed E-state index contributed by atoms with van der Waals surface area (Å²) in [6, 6.07) is 3.78. The first kappa shape index (κ1) is 11.3. The molecule has 1 aromatic carbocycles. The lowest BCUT2D eigenvalue weighted by Crippen LogP contribution is -2.25. The molecule has 3 nitrogen and oxygen atoms in total. The standard InChI is InChI=1S/C13H12F2N2O/c1-17-5-4-12-9(7-17)13(16-18-12)8-2-3-10(14)11(15)6-8/h2-3,6H,4-5,7H2,1H3. The fourth-order valence-corrected chi connectivity index (χ4v) is 2.21. The lowest BCUT2D eigenvalue weighted by atomic mass is 10.0. The van der Waals surface area contributed by atoms with Crippen LogP contribution in [0.1, 0.15) is 11.3 Å². The molecule has 2 aromatic rings. The Morgan fingerprint density at radius 3 is 2.89 bits per heavy atom. The number of nitrogens with zero attached hydrogens (tertiary/aromatic N) is 2. The predicted octanol–water partition coefficient (Wildman–Crippen LogP) is 2.61. The van der Waals surface area contributed by atoms with Crippen LogP contribution in [0.15, 0.2) is 22.7 Å². The molecule has 1 aliphatic rings. The minimum Gasteiger partial charge on any atom is -0.360 e. The third-order valence-electron chi connectivity index (χ3n) is 3.21. The number of likely N-dealkylation sites (N-methyl/N-ethyl adjacent to an activating group) is 1. The second kappa shape index (κ2) is 4.17. The van der Waals surface area contributed by atoms with Crippen molar-refractivity contribution in [3.63, 3.8) is 0 Å². The molecular weight excluding hydrogens is 238 g/mol. The van der Waals surface area contributed by atoms with Crippen molar-refractivity contribution < 1.29 is 13.3 Å². The highest BCUT2D eigenvalue weighted by Gasteiger charge is 2.23. The van der Waals surface area contributed by atoms with Crippen molar-refractivity contribution in [1.82, 2.24) is 10.1 Å². The van der Waals surface area contributed by atoms with Crippen molar-refractivity contribution in [3.05, 3.63) is 41.2 Å². The van der Waals surface area contributed by atoms with Crippen LogP contribution in [0.2, 0.25) is 0 Å². The molecule has 1 aromatic heterocycles. The third kappa shape index (κ3) is 1.80. The number of halogens is 2. The maximum absolute atomic E-state index is 13.2. The predicted molar refractivity (Wildman–Crippen MR) is 61.9 cm³/mol. The van der Waals surface area contributed by atoms with Gasteiger partial charge < -0.3 is 9.42 Å². The zero-order chi connectivity index (χ0) is 12.7. The minimum absolute atomic E-state index is 0.550. The summed E-state index contributed by atoms with van der Waals surface area (Å²) in [6.45, 7) is 1.63. The van der Waals surface area contributed by atoms with E-state index in [1.54, 1.807) is 0 Å². The van der Waals surface area contributed by atoms with E-state index in [0.29, 0.717) is 17.8 Å². The van der Waals surface area contributed by atoms with Crippen molar-refractivity contribution in [2.75, 3.05) is 13.6 Å². The molecule has 18 heavy (non-hydrogen) atoms. The quantitative estimate of drug-likeness (QED) is 0.779. The molecule has 0 aliphatic carbocycles. The van der Waals surface area contributed by atoms with Gasteiger partial charge in [-0.3, -0.25) is 0 Å². The molecule has 1 aliphatic heterocycles. The van der Waals surface area contributed by atoms with Crippen LogP contribution in [0.5, 0.6) is 0 Å². The van der Waals surface area contributed by atoms with E-state index in [4.69, 9.17) is 4.52 Å². The smallest absolute Gasteiger partial charge is 0.159 e. The van der Waals surface area contributed by atoms with Crippen LogP contribution in [0.25, 0.3) is 11.3 Å². The molecule has 0 radical (unpaired) electrons. The minimum atomic E-state index is -0.867. The summed E-state index contributed by atoms with van der Waals surface area (Å²) in [5.41, 5.74) is 2.12. The van der Waals surface area contributed by atoms with E-state index >= 15 is 0 Å². The maximum atomic E-state index is 13.2. The number of benzene rings is 1. The molecule has 0 spiro atoms. The summed E-state index contributed by atoms with van der Waals surface area (Å²) in [4.78, 5) is 2.14. The zero-order valence-corrected chi connectivity index (χ0v) is 9.91. The van der Waals surface area contributed by atoms with Gasteiger partial charge in [-0.1, -0.05) is 5.16 Å². The largest absolute Gasteiger partial charge is 0.360 e. The Morgan fingerprint density at radius 1 is 1.28 bits per heavy atom. The van der Waals surface area contributed by atoms with Gasteiger partial charge in [-0.05, 0) is 25.2 Å². The molecule has 0 fully saturated rings. The number of rotatable bonds is 1. The van der Waals surface area contributed by atoms with Gasteiger partial charge in [0.1, 0.15) is 11.5 Å². The van der Waals surface area contributed by atoms with Gasteiger partial charge in [0.15, 0.2) is 11.6 Å². The molecule has 3 rings (SSSR count). The first-order valence-electron chi connectivity index (χ1n) is 5.76. The third-order valence-corrected chi connectivity index (χ3v) is 3.21. The molecular formula is C13H12F2N2O. The second-order valence-corrected chi connectivity index (χ2v) is 4.55. The van der Waals surface area contributed by atoms with Gasteiger partial charge in [0.2, 0.25) is 0 Å². The topological polar surface area (TPSA) is 29.3 Å². The summed E-state index contributed by atoms with van der Waals surface area (Å²) in [6.07, 6.45) is 0.794. The van der Waals surface area contributed by atoms with Crippen LogP contribution in [-0.4, -0.2) is 23.6 Å². The highest BCUT2D eigenvalue weighted by molar-refractivity contribution is 5.63. The Balaban J connectivity index is 2.07. The summed E-state index contributed by atoms with van der Waals surface area (Å²) in [5, 5.41) is 3.98. The van der Waals surface area contributed by atoms with E-state index in [9.17, 15) is 8.78 Å². The fraction of sp³-hybridized carbons (Fsp3) is 0.308. The lowest BCUT2D eigenvalue weighted by Gasteiger charge is -2.21. The van der Waals surface area contributed by atoms with Crippen LogP contribution in [0.4, 0.5) is 8.78 Å². The van der Waals surface area contributed by atoms with Crippen LogP contribution in [0.3, 0.4) is 0 Å². The van der Waals surface area contributed by atoms with E-state index in [1.165, 1.54) is 6.07 Å². The molecule has 0 N–H and O–H groups in total. The first-order chi connectivity index (χ1) is 8.65. The molecule has 0 bridgehead atoms. The van der Waals surface area contributed by atoms with Crippen LogP contribution in [0, 0.1) is 11.6 Å². The van der Waals surface area contributed by atoms with Gasteiger partial charge in [0.25, 0.3) is 0 Å². The average Bonchev–Trinajstić information content (AvgIpc) is 2.75. The highest BCUT2D eigenvalue weighted by atomic mass is 19.2. The molecule has 5 heteroatoms. The summed E-state index contributed by atoms with van der Waals surface area (Å²) < 4.78 is 31.4. The molecule has 94 valence electrons. The monoisotopic (exact) mass is 250 g/mol. The van der Waals surface area contributed by atoms with Gasteiger partial charge >= 0.3 is 0 Å². The van der Waals surface area contributed by atoms with Gasteiger partial charge in [-0.25, -0.2) is 8.78 Å². The van der Waals surface area contributed by atoms with Crippen LogP contribution < -0.4 is 0 Å². The van der Waals surface area contributed by atoms with Crippen LogP contribution >= 0.6 is 0 Å². The molecule has 0 unspecified atom stereocenters. The van der Waals surface area contributed by atoms with Gasteiger partial charge in [0, 0.05) is 30.6 Å². The summed E-state index contributed by atoms with van der Waals surface area (Å²) in [7, 11) is 2.00. The van der Waals surface area contributed by atoms with Crippen molar-refractivity contribution >= 4 is 0 Å². The summed E-state index contributed by atoms with van der Waals surface area (Å²) in [5.74, 6) is -0.880. The van der Waals surface area contributed by atoms with Gasteiger partial charge in [0.05, 0.1) is 0 Å². The van der Waals surface area contributed by atoms with E-state index < -0.39 is 11.6 Å². The number of aromatic nitrogens is 1. The molecule has 2 heterocycles. The zero-order valence-electron chi connectivity index (χ0n) is 9.91. The van der Waals surface area contributed by atoms with E-state index in [2.05, 4.69) is 10.1 Å². The normalized spacial score (nSPS) is 15.7. The fourth-order valence-electron chi connectivity index (χ4n) is 2.21. The van der Waals surface area contributed by atoms with E-state index in [-0.39, 0.29) is 0 Å². The Kier molecular flexibility index (Phi) is 2.63. The average molecular weight is 250 g/mol. The molecule has 0 atom stereocenters. The molecule has 0 amide bonds. The Hall–Kier alpha value is -1.75. The molecule has 0 saturated heterocycles. The number of hydrogen-bond acceptors (Lipinski definition) is 3. The van der Waals surface area contributed by atoms with Gasteiger partial charge in [-0.2, -0.15) is 0 Å². The number of fused-ring (bicyclic) bond motifs is 1. The number of hydrogen-bond donors (Lipinski definition) is 0. The van der Waals surface area contributed by atoms with Gasteiger partial charge in [-0.15, -0.1) is 0 Å². The van der Waals surface area contributed by atoms with Crippen molar-refractivity contribution in [3.8, 4) is 11.3 Å². The van der Waals surface area contributed by atoms with E-state index in [1.807, 2.05) is 7.05 Å². The SMILES string of the molecule is CN1CCc2onc(-c3ccc(F)c(F)c3)c2C1. The van der Waals surface area contributed by atoms with Crippen molar-refractivity contribution in [2.45, 2.75) is 13.0 Å². The first-order valence-corrected chi connectivity index (χ1v) is 5.76. The van der Waals surface area contributed by atoms with Crippen LogP contribution in [-0.2, 0) is 13.0 Å². The van der Waals surface area contributed by atoms with E-state index in [0.717, 1.165) is 36.4 Å². The molecule has 0 saturated carbocycles. The Bertz CT molecular complexity index is 595. The van der Waals surface area contributed by atoms with Crippen molar-refractivity contribution in [2.24, 2.45) is 0 Å². The van der Waals surface area contributed by atoms with Crippen molar-refractivity contribution in [1.29, 1.82) is 0 Å². The Morgan fingerprint density at radius 2 is 2.11 bits per heavy atom. The Labute approximate surface area is 103 Å².